The van der Waals surface area contributed by atoms with Crippen LogP contribution >= 0.6 is 15.9 Å². The molecule has 42 valence electrons. The van der Waals surface area contributed by atoms with E-state index in [1.807, 2.05) is 0 Å². The fraction of sp³-hybridized carbons (Fsp3) is 0.500. The van der Waals surface area contributed by atoms with Crippen molar-refractivity contribution in [1.29, 1.82) is 0 Å². The van der Waals surface area contributed by atoms with E-state index in [-0.39, 0.29) is 10.4 Å². The fourth-order valence-electron chi connectivity index (χ4n) is 0.169. The van der Waals surface area contributed by atoms with Crippen LogP contribution in [0.2, 0.25) is 0 Å². The highest BCUT2D eigenvalue weighted by molar-refractivity contribution is 9.11. The van der Waals surface area contributed by atoms with E-state index >= 15 is 0 Å². The van der Waals surface area contributed by atoms with Crippen LogP contribution in [-0.2, 0) is 0 Å². The van der Waals surface area contributed by atoms with E-state index in [2.05, 4.69) is 15.9 Å². The second-order valence-electron chi connectivity index (χ2n) is 1.11. The molecule has 0 spiro atoms. The summed E-state index contributed by atoms with van der Waals surface area (Å²) >= 11 is 2.78. The van der Waals surface area contributed by atoms with Gasteiger partial charge in [-0.3, -0.25) is 0 Å². The quantitative estimate of drug-likeness (QED) is 0.594. The van der Waals surface area contributed by atoms with Crippen LogP contribution in [0.4, 0.5) is 4.39 Å². The summed E-state index contributed by atoms with van der Waals surface area (Å²) in [6, 6.07) is 0. The Labute approximate surface area is 50.5 Å². The smallest absolute Gasteiger partial charge is 0.130 e. The zero-order valence-corrected chi connectivity index (χ0v) is 5.63. The monoisotopic (exact) mass is 167 g/mol. The molecule has 0 aliphatic heterocycles. The van der Waals surface area contributed by atoms with Gasteiger partial charge in [-0.1, -0.05) is 6.92 Å². The summed E-state index contributed by atoms with van der Waals surface area (Å²) in [7, 11) is 0. The van der Waals surface area contributed by atoms with Gasteiger partial charge in [-0.2, -0.15) is 0 Å². The highest BCUT2D eigenvalue weighted by atomic mass is 79.9. The molecule has 0 amide bonds. The first kappa shape index (κ1) is 6.95. The lowest BCUT2D eigenvalue weighted by molar-refractivity contribution is 0.599. The minimum Gasteiger partial charge on any atom is -0.391 e. The number of nitrogens with two attached hydrogens (primary N) is 1. The maximum Gasteiger partial charge on any atom is 0.130 e. The van der Waals surface area contributed by atoms with E-state index < -0.39 is 0 Å². The van der Waals surface area contributed by atoms with Gasteiger partial charge in [0.05, 0.1) is 0 Å². The molecule has 0 radical (unpaired) electrons. The molecule has 0 aromatic heterocycles. The third-order valence-corrected chi connectivity index (χ3v) is 1.000. The minimum atomic E-state index is -0.292. The number of rotatable bonds is 1. The van der Waals surface area contributed by atoms with Crippen molar-refractivity contribution >= 4 is 15.9 Å². The molecular formula is C4H7BrFN. The first-order valence-corrected chi connectivity index (χ1v) is 2.77. The predicted octanol–water partition coefficient (Wildman–Crippen LogP) is 1.89. The summed E-state index contributed by atoms with van der Waals surface area (Å²) in [6.45, 7) is 1.70. The van der Waals surface area contributed by atoms with Gasteiger partial charge in [0.15, 0.2) is 0 Å². The van der Waals surface area contributed by atoms with Crippen LogP contribution in [0.25, 0.3) is 0 Å². The average Bonchev–Trinajstić information content (AvgIpc) is 1.65. The van der Waals surface area contributed by atoms with Crippen LogP contribution in [0.3, 0.4) is 0 Å². The molecule has 3 heteroatoms. The van der Waals surface area contributed by atoms with Gasteiger partial charge in [0, 0.05) is 0 Å². The van der Waals surface area contributed by atoms with Crippen molar-refractivity contribution in [2.24, 2.45) is 5.73 Å². The summed E-state index contributed by atoms with van der Waals surface area (Å²) in [6.07, 6.45) is 0.358. The molecule has 7 heavy (non-hydrogen) atoms. The van der Waals surface area contributed by atoms with Crippen molar-refractivity contribution in [2.75, 3.05) is 0 Å². The van der Waals surface area contributed by atoms with E-state index in [0.29, 0.717) is 6.42 Å². The third-order valence-electron chi connectivity index (χ3n) is 0.570. The molecule has 0 saturated carbocycles. The fourth-order valence-corrected chi connectivity index (χ4v) is 0.449. The van der Waals surface area contributed by atoms with Gasteiger partial charge in [0.2, 0.25) is 0 Å². The summed E-state index contributed by atoms with van der Waals surface area (Å²) < 4.78 is 12.1. The lowest BCUT2D eigenvalue weighted by Gasteiger charge is -1.87. The van der Waals surface area contributed by atoms with Crippen LogP contribution in [0.1, 0.15) is 13.3 Å². The summed E-state index contributed by atoms with van der Waals surface area (Å²) in [5.41, 5.74) is 4.97. The minimum absolute atomic E-state index is 0.106. The number of hydrogen-bond acceptors (Lipinski definition) is 1. The molecule has 0 aliphatic carbocycles. The molecular weight excluding hydrogens is 161 g/mol. The van der Waals surface area contributed by atoms with Gasteiger partial charge in [0.25, 0.3) is 0 Å². The van der Waals surface area contributed by atoms with Gasteiger partial charge in [0.1, 0.15) is 10.4 Å². The Kier molecular flexibility index (Phi) is 3.00. The van der Waals surface area contributed by atoms with Crippen LogP contribution in [0, 0.1) is 0 Å². The molecule has 0 saturated heterocycles. The van der Waals surface area contributed by atoms with Crippen LogP contribution in [0.15, 0.2) is 10.4 Å². The zero-order chi connectivity index (χ0) is 5.86. The topological polar surface area (TPSA) is 26.0 Å². The first-order chi connectivity index (χ1) is 3.18. The third kappa shape index (κ3) is 2.62. The number of halogens is 2. The van der Waals surface area contributed by atoms with Gasteiger partial charge in [-0.15, -0.1) is 0 Å². The van der Waals surface area contributed by atoms with Gasteiger partial charge in [-0.25, -0.2) is 4.39 Å². The van der Waals surface area contributed by atoms with E-state index in [1.54, 1.807) is 6.92 Å². The maximum atomic E-state index is 12.0. The Morgan fingerprint density at radius 3 is 2.29 bits per heavy atom. The molecule has 0 aromatic rings. The van der Waals surface area contributed by atoms with Crippen molar-refractivity contribution in [1.82, 2.24) is 0 Å². The summed E-state index contributed by atoms with van der Waals surface area (Å²) in [5.74, 6) is -0.292. The maximum absolute atomic E-state index is 12.0. The van der Waals surface area contributed by atoms with Gasteiger partial charge < -0.3 is 5.73 Å². The van der Waals surface area contributed by atoms with Crippen molar-refractivity contribution in [2.45, 2.75) is 13.3 Å². The first-order valence-electron chi connectivity index (χ1n) is 1.98. The van der Waals surface area contributed by atoms with E-state index in [9.17, 15) is 4.39 Å². The van der Waals surface area contributed by atoms with Crippen molar-refractivity contribution in [3.8, 4) is 0 Å². The largest absolute Gasteiger partial charge is 0.391 e. The Bertz CT molecular complexity index is 85.7. The highest BCUT2D eigenvalue weighted by Crippen LogP contribution is 2.09. The number of allylic oxidation sites excluding steroid dienone is 1. The Hall–Kier alpha value is -0.0500. The summed E-state index contributed by atoms with van der Waals surface area (Å²) in [4.78, 5) is 0. The Balaban J connectivity index is 3.72. The molecule has 0 unspecified atom stereocenters. The molecule has 0 fully saturated rings. The van der Waals surface area contributed by atoms with Gasteiger partial charge in [-0.05, 0) is 22.4 Å². The predicted molar refractivity (Wildman–Crippen MR) is 31.5 cm³/mol. The average molecular weight is 168 g/mol. The SMILES string of the molecule is CC/C(F)=C(\N)Br. The van der Waals surface area contributed by atoms with Crippen LogP contribution < -0.4 is 5.73 Å². The molecule has 0 rings (SSSR count). The van der Waals surface area contributed by atoms with Crippen molar-refractivity contribution in [3.63, 3.8) is 0 Å². The molecule has 0 heterocycles. The highest BCUT2D eigenvalue weighted by Gasteiger charge is 1.91. The van der Waals surface area contributed by atoms with E-state index in [0.717, 1.165) is 0 Å². The van der Waals surface area contributed by atoms with E-state index in [4.69, 9.17) is 5.73 Å². The summed E-state index contributed by atoms with van der Waals surface area (Å²) in [5, 5.41) is 0. The molecule has 1 nitrogen and oxygen atoms in total. The molecule has 2 N–H and O–H groups in total. The molecule has 0 aliphatic rings. The Morgan fingerprint density at radius 2 is 2.29 bits per heavy atom. The second-order valence-corrected chi connectivity index (χ2v) is 1.96. The Morgan fingerprint density at radius 1 is 1.86 bits per heavy atom. The van der Waals surface area contributed by atoms with Crippen molar-refractivity contribution in [3.05, 3.63) is 10.4 Å². The molecule has 0 bridgehead atoms. The molecule has 0 aromatic carbocycles. The second kappa shape index (κ2) is 3.02. The van der Waals surface area contributed by atoms with Crippen LogP contribution in [0.5, 0.6) is 0 Å². The van der Waals surface area contributed by atoms with Gasteiger partial charge >= 0.3 is 0 Å². The lowest BCUT2D eigenvalue weighted by Crippen LogP contribution is -1.89. The normalized spacial score (nSPS) is 13.6. The zero-order valence-electron chi connectivity index (χ0n) is 4.04. The van der Waals surface area contributed by atoms with E-state index in [1.165, 1.54) is 0 Å². The van der Waals surface area contributed by atoms with Crippen molar-refractivity contribution < 1.29 is 4.39 Å². The lowest BCUT2D eigenvalue weighted by atomic mass is 10.4. The number of hydrogen-bond donors (Lipinski definition) is 1. The van der Waals surface area contributed by atoms with Crippen LogP contribution in [-0.4, -0.2) is 0 Å². The standard InChI is InChI=1S/C4H7BrFN/c1-2-3(6)4(5)7/h2,7H2,1H3/b4-3+. The molecule has 0 atom stereocenters.